The van der Waals surface area contributed by atoms with Crippen LogP contribution in [0.4, 0.5) is 5.69 Å². The molecule has 0 atom stereocenters. The molecule has 6 nitrogen and oxygen atoms in total. The van der Waals surface area contributed by atoms with Crippen molar-refractivity contribution >= 4 is 29.2 Å². The maximum atomic E-state index is 11.9. The molecule has 0 aromatic heterocycles. The molecule has 7 heteroatoms. The standard InChI is InChI=1S/C14H8ClNO5/c15-12-10(7-4-8-11(12)16(19)20)14(18)21-13(17)9-5-2-1-3-6-9/h1-8H. The minimum absolute atomic E-state index is 0.187. The molecule has 0 saturated heterocycles. The van der Waals surface area contributed by atoms with Crippen molar-refractivity contribution in [3.05, 3.63) is 74.8 Å². The van der Waals surface area contributed by atoms with E-state index in [4.69, 9.17) is 11.6 Å². The van der Waals surface area contributed by atoms with Crippen LogP contribution in [0.25, 0.3) is 0 Å². The Hall–Kier alpha value is -2.73. The molecule has 0 bridgehead atoms. The number of nitro groups is 1. The van der Waals surface area contributed by atoms with Crippen LogP contribution in [0.5, 0.6) is 0 Å². The van der Waals surface area contributed by atoms with E-state index in [1.54, 1.807) is 18.2 Å². The number of carbonyl (C=O) groups excluding carboxylic acids is 2. The van der Waals surface area contributed by atoms with Gasteiger partial charge in [0.05, 0.1) is 16.1 Å². The summed E-state index contributed by atoms with van der Waals surface area (Å²) in [6.07, 6.45) is 0. The molecule has 0 saturated carbocycles. The Morgan fingerprint density at radius 1 is 1.00 bits per heavy atom. The molecule has 0 aliphatic carbocycles. The summed E-state index contributed by atoms with van der Waals surface area (Å²) in [5, 5.41) is 10.4. The number of nitro benzene ring substituents is 1. The summed E-state index contributed by atoms with van der Waals surface area (Å²) in [6.45, 7) is 0. The predicted molar refractivity (Wildman–Crippen MR) is 74.3 cm³/mol. The molecular weight excluding hydrogens is 298 g/mol. The fraction of sp³-hybridized carbons (Fsp3) is 0. The van der Waals surface area contributed by atoms with E-state index in [0.717, 1.165) is 6.07 Å². The van der Waals surface area contributed by atoms with E-state index in [9.17, 15) is 19.7 Å². The van der Waals surface area contributed by atoms with E-state index in [1.807, 2.05) is 0 Å². The van der Waals surface area contributed by atoms with Crippen LogP contribution in [-0.2, 0) is 4.74 Å². The summed E-state index contributed by atoms with van der Waals surface area (Å²) in [5.41, 5.74) is -0.485. The Morgan fingerprint density at radius 3 is 2.29 bits per heavy atom. The normalized spacial score (nSPS) is 9.95. The smallest absolute Gasteiger partial charge is 0.347 e. The Bertz CT molecular complexity index is 715. The number of carbonyl (C=O) groups is 2. The molecule has 0 aliphatic rings. The first-order chi connectivity index (χ1) is 10.0. The van der Waals surface area contributed by atoms with Gasteiger partial charge in [-0.3, -0.25) is 10.1 Å². The van der Waals surface area contributed by atoms with Gasteiger partial charge in [0, 0.05) is 6.07 Å². The van der Waals surface area contributed by atoms with Crippen molar-refractivity contribution < 1.29 is 19.2 Å². The number of esters is 2. The second-order valence-corrected chi connectivity index (χ2v) is 4.32. The molecule has 2 aromatic rings. The van der Waals surface area contributed by atoms with Crippen LogP contribution in [-0.4, -0.2) is 16.9 Å². The number of hydrogen-bond acceptors (Lipinski definition) is 5. The molecule has 0 aliphatic heterocycles. The van der Waals surface area contributed by atoms with Crippen molar-refractivity contribution in [2.45, 2.75) is 0 Å². The average Bonchev–Trinajstić information content (AvgIpc) is 2.47. The first-order valence-electron chi connectivity index (χ1n) is 5.75. The van der Waals surface area contributed by atoms with Crippen LogP contribution in [0.1, 0.15) is 20.7 Å². The van der Waals surface area contributed by atoms with Gasteiger partial charge < -0.3 is 4.74 Å². The Balaban J connectivity index is 2.24. The third kappa shape index (κ3) is 3.24. The topological polar surface area (TPSA) is 86.5 Å². The van der Waals surface area contributed by atoms with Crippen molar-refractivity contribution in [3.63, 3.8) is 0 Å². The van der Waals surface area contributed by atoms with Crippen LogP contribution < -0.4 is 0 Å². The monoisotopic (exact) mass is 305 g/mol. The summed E-state index contributed by atoms with van der Waals surface area (Å²) in [6, 6.07) is 11.6. The zero-order chi connectivity index (χ0) is 15.4. The summed E-state index contributed by atoms with van der Waals surface area (Å²) >= 11 is 5.77. The number of benzene rings is 2. The highest BCUT2D eigenvalue weighted by Crippen LogP contribution is 2.28. The molecule has 0 heterocycles. The van der Waals surface area contributed by atoms with Gasteiger partial charge in [-0.25, -0.2) is 9.59 Å². The van der Waals surface area contributed by atoms with Crippen molar-refractivity contribution in [2.24, 2.45) is 0 Å². The highest BCUT2D eigenvalue weighted by molar-refractivity contribution is 6.35. The summed E-state index contributed by atoms with van der Waals surface area (Å²) < 4.78 is 4.65. The Labute approximate surface area is 124 Å². The van der Waals surface area contributed by atoms with Gasteiger partial charge in [0.15, 0.2) is 0 Å². The average molecular weight is 306 g/mol. The van der Waals surface area contributed by atoms with Crippen LogP contribution in [0, 0.1) is 10.1 Å². The molecule has 0 radical (unpaired) electrons. The van der Waals surface area contributed by atoms with Gasteiger partial charge in [-0.2, -0.15) is 0 Å². The molecule has 0 spiro atoms. The lowest BCUT2D eigenvalue weighted by molar-refractivity contribution is -0.384. The van der Waals surface area contributed by atoms with Crippen molar-refractivity contribution in [3.8, 4) is 0 Å². The van der Waals surface area contributed by atoms with Gasteiger partial charge in [-0.15, -0.1) is 0 Å². The molecule has 0 N–H and O–H groups in total. The zero-order valence-corrected chi connectivity index (χ0v) is 11.2. The van der Waals surface area contributed by atoms with Crippen LogP contribution in [0.3, 0.4) is 0 Å². The van der Waals surface area contributed by atoms with Gasteiger partial charge in [-0.05, 0) is 18.2 Å². The highest BCUT2D eigenvalue weighted by atomic mass is 35.5. The van der Waals surface area contributed by atoms with Crippen LogP contribution in [0.2, 0.25) is 5.02 Å². The predicted octanol–water partition coefficient (Wildman–Crippen LogP) is 3.25. The Kier molecular flexibility index (Phi) is 4.30. The summed E-state index contributed by atoms with van der Waals surface area (Å²) in [4.78, 5) is 33.6. The second kappa shape index (κ2) is 6.15. The Morgan fingerprint density at radius 2 is 1.67 bits per heavy atom. The molecule has 0 fully saturated rings. The molecule has 21 heavy (non-hydrogen) atoms. The third-order valence-electron chi connectivity index (χ3n) is 2.59. The van der Waals surface area contributed by atoms with Crippen molar-refractivity contribution in [2.75, 3.05) is 0 Å². The maximum absolute atomic E-state index is 11.9. The molecule has 0 amide bonds. The zero-order valence-electron chi connectivity index (χ0n) is 10.5. The second-order valence-electron chi connectivity index (χ2n) is 3.94. The van der Waals surface area contributed by atoms with Crippen molar-refractivity contribution in [1.82, 2.24) is 0 Å². The van der Waals surface area contributed by atoms with E-state index in [0.29, 0.717) is 0 Å². The van der Waals surface area contributed by atoms with E-state index >= 15 is 0 Å². The van der Waals surface area contributed by atoms with Crippen LogP contribution >= 0.6 is 11.6 Å². The fourth-order valence-electron chi connectivity index (χ4n) is 1.59. The van der Waals surface area contributed by atoms with E-state index < -0.39 is 22.5 Å². The van der Waals surface area contributed by atoms with Gasteiger partial charge in [0.25, 0.3) is 5.69 Å². The SMILES string of the molecule is O=C(OC(=O)c1cccc([N+](=O)[O-])c1Cl)c1ccccc1. The van der Waals surface area contributed by atoms with Gasteiger partial charge in [0.2, 0.25) is 0 Å². The number of nitrogens with zero attached hydrogens (tertiary/aromatic N) is 1. The van der Waals surface area contributed by atoms with Gasteiger partial charge >= 0.3 is 11.9 Å². The maximum Gasteiger partial charge on any atom is 0.347 e. The number of hydrogen-bond donors (Lipinski definition) is 0. The number of halogens is 1. The lowest BCUT2D eigenvalue weighted by Gasteiger charge is -2.05. The first-order valence-corrected chi connectivity index (χ1v) is 6.13. The fourth-order valence-corrected chi connectivity index (χ4v) is 1.86. The van der Waals surface area contributed by atoms with Gasteiger partial charge in [0.1, 0.15) is 5.02 Å². The lowest BCUT2D eigenvalue weighted by Crippen LogP contribution is -2.13. The van der Waals surface area contributed by atoms with E-state index in [2.05, 4.69) is 4.74 Å². The third-order valence-corrected chi connectivity index (χ3v) is 2.99. The number of rotatable bonds is 3. The highest BCUT2D eigenvalue weighted by Gasteiger charge is 2.23. The summed E-state index contributed by atoms with van der Waals surface area (Å²) in [5.74, 6) is -1.90. The van der Waals surface area contributed by atoms with Gasteiger partial charge in [-0.1, -0.05) is 35.9 Å². The molecule has 2 rings (SSSR count). The largest absolute Gasteiger partial charge is 0.386 e. The molecular formula is C14H8ClNO5. The molecule has 0 unspecified atom stereocenters. The summed E-state index contributed by atoms with van der Waals surface area (Å²) in [7, 11) is 0. The van der Waals surface area contributed by atoms with Crippen LogP contribution in [0.15, 0.2) is 48.5 Å². The quantitative estimate of drug-likeness (QED) is 0.376. The van der Waals surface area contributed by atoms with E-state index in [1.165, 1.54) is 24.3 Å². The lowest BCUT2D eigenvalue weighted by atomic mass is 10.2. The number of ether oxygens (including phenoxy) is 1. The van der Waals surface area contributed by atoms with E-state index in [-0.39, 0.29) is 16.1 Å². The molecule has 2 aromatic carbocycles. The van der Waals surface area contributed by atoms with Crippen molar-refractivity contribution in [1.29, 1.82) is 0 Å². The molecule has 106 valence electrons. The minimum Gasteiger partial charge on any atom is -0.386 e. The first kappa shape index (κ1) is 14.7. The minimum atomic E-state index is -1.04.